The van der Waals surface area contributed by atoms with Crippen LogP contribution in [0.4, 0.5) is 4.79 Å². The molecule has 0 aliphatic carbocycles. The van der Waals surface area contributed by atoms with E-state index in [-0.39, 0.29) is 24.8 Å². The first kappa shape index (κ1) is 19.7. The van der Waals surface area contributed by atoms with Crippen molar-refractivity contribution in [3.8, 4) is 0 Å². The normalized spacial score (nSPS) is 18.7. The second-order valence-corrected chi connectivity index (χ2v) is 6.80. The predicted octanol–water partition coefficient (Wildman–Crippen LogP) is 4.68. The third-order valence-corrected chi connectivity index (χ3v) is 4.66. The van der Waals surface area contributed by atoms with E-state index in [9.17, 15) is 4.79 Å². The van der Waals surface area contributed by atoms with Gasteiger partial charge in [0.2, 0.25) is 0 Å². The monoisotopic (exact) mass is 380 g/mol. The van der Waals surface area contributed by atoms with Crippen molar-refractivity contribution in [3.05, 3.63) is 82.2 Å². The summed E-state index contributed by atoms with van der Waals surface area (Å²) in [5.74, 6) is 0. The molecule has 1 aliphatic rings. The summed E-state index contributed by atoms with van der Waals surface area (Å²) in [4.78, 5) is 17.3. The Bertz CT molecular complexity index is 786. The number of hydrogen-bond donors (Lipinski definition) is 0. The van der Waals surface area contributed by atoms with Crippen LogP contribution in [0.5, 0.6) is 0 Å². The zero-order valence-electron chi connectivity index (χ0n) is 15.7. The molecule has 1 amide bonds. The minimum Gasteiger partial charge on any atom is -0.445 e. The van der Waals surface area contributed by atoms with E-state index in [1.54, 1.807) is 4.90 Å². The summed E-state index contributed by atoms with van der Waals surface area (Å²) in [5.41, 5.74) is 10.5. The highest BCUT2D eigenvalue weighted by Gasteiger charge is 2.26. The van der Waals surface area contributed by atoms with Crippen LogP contribution in [0.3, 0.4) is 0 Å². The van der Waals surface area contributed by atoms with Gasteiger partial charge in [-0.3, -0.25) is 0 Å². The summed E-state index contributed by atoms with van der Waals surface area (Å²) in [6.07, 6.45) is 1.03. The van der Waals surface area contributed by atoms with Crippen molar-refractivity contribution < 1.29 is 14.3 Å². The van der Waals surface area contributed by atoms with Crippen molar-refractivity contribution in [1.29, 1.82) is 0 Å². The molecule has 0 saturated carbocycles. The Hall–Kier alpha value is -3.02. The van der Waals surface area contributed by atoms with Crippen LogP contribution in [0.25, 0.3) is 10.4 Å². The van der Waals surface area contributed by atoms with Crippen LogP contribution in [0, 0.1) is 0 Å². The second-order valence-electron chi connectivity index (χ2n) is 6.80. The Kier molecular flexibility index (Phi) is 7.29. The predicted molar refractivity (Wildman–Crippen MR) is 105 cm³/mol. The SMILES string of the molecule is [N-]=[N+]=N[C@@H]1CC[C@@H](CN(Cc2ccccc2)C(=O)OCc2ccccc2)OC1. The quantitative estimate of drug-likeness (QED) is 0.397. The molecule has 146 valence electrons. The van der Waals surface area contributed by atoms with Gasteiger partial charge >= 0.3 is 6.09 Å². The molecule has 2 aromatic rings. The summed E-state index contributed by atoms with van der Waals surface area (Å²) in [6.45, 7) is 1.50. The molecular weight excluding hydrogens is 356 g/mol. The Morgan fingerprint density at radius 2 is 1.79 bits per heavy atom. The number of benzene rings is 2. The summed E-state index contributed by atoms with van der Waals surface area (Å²) in [7, 11) is 0. The smallest absolute Gasteiger partial charge is 0.410 e. The Morgan fingerprint density at radius 1 is 1.11 bits per heavy atom. The van der Waals surface area contributed by atoms with Gasteiger partial charge in [-0.2, -0.15) is 0 Å². The highest BCUT2D eigenvalue weighted by atomic mass is 16.6. The first-order valence-corrected chi connectivity index (χ1v) is 9.40. The van der Waals surface area contributed by atoms with Crippen LogP contribution in [0.1, 0.15) is 24.0 Å². The van der Waals surface area contributed by atoms with Gasteiger partial charge in [0.1, 0.15) is 6.61 Å². The van der Waals surface area contributed by atoms with Gasteiger partial charge in [0.05, 0.1) is 25.3 Å². The Labute approximate surface area is 164 Å². The molecule has 7 heteroatoms. The number of amides is 1. The van der Waals surface area contributed by atoms with Crippen molar-refractivity contribution in [1.82, 2.24) is 4.90 Å². The molecular formula is C21H24N4O3. The number of ether oxygens (including phenoxy) is 2. The van der Waals surface area contributed by atoms with Crippen molar-refractivity contribution in [2.75, 3.05) is 13.2 Å². The average molecular weight is 380 g/mol. The molecule has 0 radical (unpaired) electrons. The standard InChI is InChI=1S/C21H24N4O3/c22-24-23-19-11-12-20(27-16-19)14-25(13-17-7-3-1-4-8-17)21(26)28-15-18-9-5-2-6-10-18/h1-10,19-20H,11-16H2/t19-,20+/m1/s1. The van der Waals surface area contributed by atoms with E-state index in [2.05, 4.69) is 10.0 Å². The fourth-order valence-corrected chi connectivity index (χ4v) is 3.16. The van der Waals surface area contributed by atoms with Gasteiger partial charge in [0.15, 0.2) is 0 Å². The summed E-state index contributed by atoms with van der Waals surface area (Å²) in [6, 6.07) is 19.3. The maximum absolute atomic E-state index is 12.7. The zero-order valence-corrected chi connectivity index (χ0v) is 15.7. The van der Waals surface area contributed by atoms with Crippen molar-refractivity contribution in [3.63, 3.8) is 0 Å². The number of azide groups is 1. The number of rotatable bonds is 7. The minimum atomic E-state index is -0.367. The highest BCUT2D eigenvalue weighted by molar-refractivity contribution is 5.67. The molecule has 0 N–H and O–H groups in total. The van der Waals surface area contributed by atoms with E-state index in [4.69, 9.17) is 15.0 Å². The van der Waals surface area contributed by atoms with Crippen LogP contribution in [0.15, 0.2) is 65.8 Å². The van der Waals surface area contributed by atoms with Gasteiger partial charge in [-0.25, -0.2) is 4.79 Å². The number of carbonyl (C=O) groups excluding carboxylic acids is 1. The molecule has 0 aromatic heterocycles. The third-order valence-electron chi connectivity index (χ3n) is 4.66. The van der Waals surface area contributed by atoms with Crippen LogP contribution in [-0.2, 0) is 22.6 Å². The van der Waals surface area contributed by atoms with Crippen LogP contribution in [-0.4, -0.2) is 36.3 Å². The van der Waals surface area contributed by atoms with Gasteiger partial charge in [0.25, 0.3) is 0 Å². The van der Waals surface area contributed by atoms with Gasteiger partial charge in [0, 0.05) is 11.5 Å². The first-order valence-electron chi connectivity index (χ1n) is 9.40. The molecule has 7 nitrogen and oxygen atoms in total. The number of hydrogen-bond acceptors (Lipinski definition) is 4. The van der Waals surface area contributed by atoms with Crippen molar-refractivity contribution in [2.45, 2.75) is 38.1 Å². The van der Waals surface area contributed by atoms with Gasteiger partial charge in [-0.05, 0) is 29.5 Å². The van der Waals surface area contributed by atoms with Crippen LogP contribution < -0.4 is 0 Å². The number of carbonyl (C=O) groups is 1. The van der Waals surface area contributed by atoms with E-state index in [0.29, 0.717) is 19.7 Å². The maximum Gasteiger partial charge on any atom is 0.410 e. The van der Waals surface area contributed by atoms with Crippen molar-refractivity contribution in [2.24, 2.45) is 5.11 Å². The molecule has 28 heavy (non-hydrogen) atoms. The molecule has 1 aliphatic heterocycles. The second kappa shape index (κ2) is 10.3. The molecule has 0 bridgehead atoms. The summed E-state index contributed by atoms with van der Waals surface area (Å²) < 4.78 is 11.3. The zero-order chi connectivity index (χ0) is 19.6. The van der Waals surface area contributed by atoms with Crippen molar-refractivity contribution >= 4 is 6.09 Å². The van der Waals surface area contributed by atoms with Crippen LogP contribution >= 0.6 is 0 Å². The molecule has 0 unspecified atom stereocenters. The average Bonchev–Trinajstić information content (AvgIpc) is 2.74. The van der Waals surface area contributed by atoms with E-state index in [1.807, 2.05) is 60.7 Å². The Morgan fingerprint density at radius 3 is 2.39 bits per heavy atom. The lowest BCUT2D eigenvalue weighted by Gasteiger charge is -2.31. The molecule has 2 aromatic carbocycles. The Balaban J connectivity index is 1.61. The van der Waals surface area contributed by atoms with Gasteiger partial charge in [-0.1, -0.05) is 65.8 Å². The minimum absolute atomic E-state index is 0.0990. The molecule has 1 saturated heterocycles. The molecule has 1 fully saturated rings. The van der Waals surface area contributed by atoms with E-state index < -0.39 is 0 Å². The molecule has 2 atom stereocenters. The fraction of sp³-hybridized carbons (Fsp3) is 0.381. The molecule has 3 rings (SSSR count). The van der Waals surface area contributed by atoms with Crippen LogP contribution in [0.2, 0.25) is 0 Å². The lowest BCUT2D eigenvalue weighted by atomic mass is 10.1. The van der Waals surface area contributed by atoms with Gasteiger partial charge < -0.3 is 14.4 Å². The summed E-state index contributed by atoms with van der Waals surface area (Å²) >= 11 is 0. The first-order chi connectivity index (χ1) is 13.7. The lowest BCUT2D eigenvalue weighted by molar-refractivity contribution is -0.0166. The fourth-order valence-electron chi connectivity index (χ4n) is 3.16. The third kappa shape index (κ3) is 6.01. The lowest BCUT2D eigenvalue weighted by Crippen LogP contribution is -2.41. The van der Waals surface area contributed by atoms with E-state index in [1.165, 1.54) is 0 Å². The summed E-state index contributed by atoms with van der Waals surface area (Å²) in [5, 5.41) is 3.71. The topological polar surface area (TPSA) is 87.5 Å². The maximum atomic E-state index is 12.7. The largest absolute Gasteiger partial charge is 0.445 e. The van der Waals surface area contributed by atoms with E-state index >= 15 is 0 Å². The molecule has 1 heterocycles. The van der Waals surface area contributed by atoms with Gasteiger partial charge in [-0.15, -0.1) is 0 Å². The molecule has 0 spiro atoms. The highest BCUT2D eigenvalue weighted by Crippen LogP contribution is 2.19. The number of nitrogens with zero attached hydrogens (tertiary/aromatic N) is 4. The van der Waals surface area contributed by atoms with E-state index in [0.717, 1.165) is 24.0 Å².